The summed E-state index contributed by atoms with van der Waals surface area (Å²) in [4.78, 5) is 5.09. The van der Waals surface area contributed by atoms with Gasteiger partial charge in [-0.3, -0.25) is 4.98 Å². The number of hydrogen-bond acceptors (Lipinski definition) is 1. The molecule has 43 heavy (non-hydrogen) atoms. The first-order chi connectivity index (χ1) is 21.0. The molecule has 0 fully saturated rings. The quantitative estimate of drug-likeness (QED) is 0.152. The Labute approximate surface area is 255 Å². The molecule has 2 aliphatic heterocycles. The first-order valence-corrected chi connectivity index (χ1v) is 20.6. The zero-order valence-corrected chi connectivity index (χ0v) is 26.8. The fourth-order valence-corrected chi connectivity index (χ4v) is 13.7. The van der Waals surface area contributed by atoms with E-state index in [4.69, 9.17) is 4.98 Å². The largest absolute Gasteiger partial charge is 0.256 e. The van der Waals surface area contributed by atoms with Crippen LogP contribution in [-0.4, -0.2) is 21.9 Å². The minimum Gasteiger partial charge on any atom is -0.256 e. The van der Waals surface area contributed by atoms with E-state index < -0.39 is 16.9 Å². The first-order valence-electron chi connectivity index (χ1n) is 15.3. The maximum absolute atomic E-state index is 5.09. The molecular weight excluding hydrogens is 551 g/mol. The molecule has 0 bridgehead atoms. The molecule has 0 spiro atoms. The third-order valence-electron chi connectivity index (χ3n) is 10.2. The highest BCUT2D eigenvalue weighted by Crippen LogP contribution is 2.44. The molecule has 1 nitrogen and oxygen atoms in total. The van der Waals surface area contributed by atoms with Crippen molar-refractivity contribution in [2.45, 2.75) is 19.6 Å². The molecule has 7 aromatic rings. The molecule has 0 aliphatic carbocycles. The Morgan fingerprint density at radius 3 is 1.98 bits per heavy atom. The maximum Gasteiger partial charge on any atom is 0.113 e. The van der Waals surface area contributed by atoms with Gasteiger partial charge in [0.1, 0.15) is 16.9 Å². The molecule has 3 heterocycles. The van der Waals surface area contributed by atoms with Crippen molar-refractivity contribution in [1.29, 1.82) is 0 Å². The molecule has 0 saturated carbocycles. The summed E-state index contributed by atoms with van der Waals surface area (Å²) in [7, 11) is -2.87. The van der Waals surface area contributed by atoms with E-state index in [9.17, 15) is 0 Å². The van der Waals surface area contributed by atoms with Gasteiger partial charge in [0, 0.05) is 17.1 Å². The average molecular weight is 582 g/mol. The Hall–Kier alpha value is -4.58. The standard InChI is InChI=1S/C40H31NSi2/c1-42-34-16-8-6-11-27(34)32-23-26(18-20-35(32)42)39-30-14-5-4-13-29(30)38(31-15-10-22-41-40(31)39)25-19-21-37-33(24-25)28-12-7-9-17-36(28)43(37,2)3/h4-24,42H,1-3H3. The monoisotopic (exact) mass is 581 g/mol. The minimum absolute atomic E-state index is 1.07. The average Bonchev–Trinajstić information content (AvgIpc) is 3.46. The van der Waals surface area contributed by atoms with E-state index in [-0.39, 0.29) is 0 Å². The van der Waals surface area contributed by atoms with E-state index in [0.717, 1.165) is 5.52 Å². The van der Waals surface area contributed by atoms with Crippen molar-refractivity contribution in [2.75, 3.05) is 0 Å². The smallest absolute Gasteiger partial charge is 0.113 e. The lowest BCUT2D eigenvalue weighted by atomic mass is 9.86. The van der Waals surface area contributed by atoms with Crippen molar-refractivity contribution in [1.82, 2.24) is 4.98 Å². The Kier molecular flexibility index (Phi) is 5.21. The van der Waals surface area contributed by atoms with Crippen LogP contribution in [0.1, 0.15) is 0 Å². The third-order valence-corrected chi connectivity index (χ3v) is 16.6. The van der Waals surface area contributed by atoms with Gasteiger partial charge in [0.05, 0.1) is 5.52 Å². The zero-order valence-electron chi connectivity index (χ0n) is 24.6. The number of rotatable bonds is 2. The highest BCUT2D eigenvalue weighted by molar-refractivity contribution is 7.03. The van der Waals surface area contributed by atoms with Crippen LogP contribution in [0.15, 0.2) is 128 Å². The molecule has 1 unspecified atom stereocenters. The van der Waals surface area contributed by atoms with Gasteiger partial charge in [0.15, 0.2) is 0 Å². The van der Waals surface area contributed by atoms with Crippen LogP contribution in [0.2, 0.25) is 19.6 Å². The van der Waals surface area contributed by atoms with Gasteiger partial charge in [-0.2, -0.15) is 0 Å². The van der Waals surface area contributed by atoms with Crippen LogP contribution in [0.3, 0.4) is 0 Å². The van der Waals surface area contributed by atoms with Crippen molar-refractivity contribution < 1.29 is 0 Å². The molecule has 1 aromatic heterocycles. The molecule has 6 aromatic carbocycles. The summed E-state index contributed by atoms with van der Waals surface area (Å²) >= 11 is 0. The van der Waals surface area contributed by atoms with E-state index in [1.807, 2.05) is 6.20 Å². The molecule has 0 radical (unpaired) electrons. The summed E-state index contributed by atoms with van der Waals surface area (Å²) in [5, 5.41) is 9.94. The van der Waals surface area contributed by atoms with Crippen LogP contribution in [-0.2, 0) is 0 Å². The van der Waals surface area contributed by atoms with E-state index in [2.05, 4.69) is 141 Å². The number of benzene rings is 6. The number of fused-ring (bicyclic) bond motifs is 8. The number of nitrogens with zero attached hydrogens (tertiary/aromatic N) is 1. The summed E-state index contributed by atoms with van der Waals surface area (Å²) in [5.74, 6) is 0. The van der Waals surface area contributed by atoms with Crippen LogP contribution < -0.4 is 20.7 Å². The lowest BCUT2D eigenvalue weighted by Crippen LogP contribution is -2.49. The minimum atomic E-state index is -1.71. The topological polar surface area (TPSA) is 12.9 Å². The van der Waals surface area contributed by atoms with Crippen molar-refractivity contribution >= 4 is 59.3 Å². The van der Waals surface area contributed by atoms with Crippen molar-refractivity contribution in [3.63, 3.8) is 0 Å². The lowest BCUT2D eigenvalue weighted by Gasteiger charge is -2.20. The van der Waals surface area contributed by atoms with Gasteiger partial charge < -0.3 is 0 Å². The highest BCUT2D eigenvalue weighted by atomic mass is 28.3. The Morgan fingerprint density at radius 2 is 1.12 bits per heavy atom. The molecule has 0 amide bonds. The summed E-state index contributed by atoms with van der Waals surface area (Å²) < 4.78 is 0. The SMILES string of the molecule is C[SiH]1c2ccccc2-c2cc(-c3c4ccccc4c(-c4ccc5c(c4)-c4ccccc4[Si]5(C)C)c4cccnc34)ccc21. The molecule has 9 rings (SSSR count). The molecule has 0 N–H and O–H groups in total. The predicted octanol–water partition coefficient (Wildman–Crippen LogP) is 7.48. The van der Waals surface area contributed by atoms with Gasteiger partial charge >= 0.3 is 0 Å². The van der Waals surface area contributed by atoms with Crippen LogP contribution in [0.25, 0.3) is 66.2 Å². The molecular formula is C40H31NSi2. The van der Waals surface area contributed by atoms with Crippen molar-refractivity contribution in [2.24, 2.45) is 0 Å². The second-order valence-electron chi connectivity index (χ2n) is 12.7. The lowest BCUT2D eigenvalue weighted by molar-refractivity contribution is 1.42. The molecule has 1 atom stereocenters. The van der Waals surface area contributed by atoms with Gasteiger partial charge in [-0.15, -0.1) is 0 Å². The van der Waals surface area contributed by atoms with Gasteiger partial charge in [0.25, 0.3) is 0 Å². The fourth-order valence-electron chi connectivity index (χ4n) is 8.09. The van der Waals surface area contributed by atoms with E-state index >= 15 is 0 Å². The van der Waals surface area contributed by atoms with Crippen molar-refractivity contribution in [3.8, 4) is 44.5 Å². The summed E-state index contributed by atoms with van der Waals surface area (Å²) in [6.07, 6.45) is 1.95. The Bertz CT molecular complexity index is 2240. The third kappa shape index (κ3) is 3.41. The number of hydrogen-bond donors (Lipinski definition) is 0. The number of pyridine rings is 1. The second-order valence-corrected chi connectivity index (χ2v) is 19.8. The highest BCUT2D eigenvalue weighted by Gasteiger charge is 2.37. The zero-order chi connectivity index (χ0) is 28.9. The summed E-state index contributed by atoms with van der Waals surface area (Å²) in [5.41, 5.74) is 11.8. The van der Waals surface area contributed by atoms with Gasteiger partial charge in [0.2, 0.25) is 0 Å². The van der Waals surface area contributed by atoms with Crippen LogP contribution >= 0.6 is 0 Å². The van der Waals surface area contributed by atoms with Gasteiger partial charge in [-0.05, 0) is 78.3 Å². The van der Waals surface area contributed by atoms with Gasteiger partial charge in [-0.1, -0.05) is 133 Å². The first kappa shape index (κ1) is 25.0. The maximum atomic E-state index is 5.09. The van der Waals surface area contributed by atoms with Crippen LogP contribution in [0.4, 0.5) is 0 Å². The van der Waals surface area contributed by atoms with Gasteiger partial charge in [-0.25, -0.2) is 0 Å². The molecule has 3 heteroatoms. The Balaban J connectivity index is 1.32. The molecule has 0 saturated heterocycles. The second kappa shape index (κ2) is 8.96. The van der Waals surface area contributed by atoms with E-state index in [1.54, 1.807) is 15.6 Å². The molecule has 204 valence electrons. The number of aromatic nitrogens is 1. The predicted molar refractivity (Wildman–Crippen MR) is 190 cm³/mol. The summed E-state index contributed by atoms with van der Waals surface area (Å²) in [6.45, 7) is 7.43. The van der Waals surface area contributed by atoms with Crippen LogP contribution in [0.5, 0.6) is 0 Å². The summed E-state index contributed by atoms with van der Waals surface area (Å²) in [6, 6.07) is 45.8. The van der Waals surface area contributed by atoms with E-state index in [0.29, 0.717) is 0 Å². The Morgan fingerprint density at radius 1 is 0.512 bits per heavy atom. The van der Waals surface area contributed by atoms with Crippen LogP contribution in [0, 0.1) is 0 Å². The van der Waals surface area contributed by atoms with Crippen molar-refractivity contribution in [3.05, 3.63) is 128 Å². The fraction of sp³-hybridized carbons (Fsp3) is 0.0750. The molecule has 2 aliphatic rings. The van der Waals surface area contributed by atoms with E-state index in [1.165, 1.54) is 65.9 Å². The normalized spacial score (nSPS) is 15.7.